The lowest BCUT2D eigenvalue weighted by Crippen LogP contribution is -2.40. The third kappa shape index (κ3) is 4.72. The van der Waals surface area contributed by atoms with E-state index in [4.69, 9.17) is 31.9 Å². The minimum absolute atomic E-state index is 0.300. The first kappa shape index (κ1) is 12.8. The highest BCUT2D eigenvalue weighted by Gasteiger charge is 2.22. The van der Waals surface area contributed by atoms with Gasteiger partial charge >= 0.3 is 0 Å². The van der Waals surface area contributed by atoms with Gasteiger partial charge in [-0.15, -0.1) is 5.10 Å². The molecule has 0 amide bonds. The summed E-state index contributed by atoms with van der Waals surface area (Å²) in [5, 5.41) is 41.9. The Balaban J connectivity index is 4.13. The van der Waals surface area contributed by atoms with Crippen LogP contribution in [0.4, 0.5) is 0 Å². The number of nitrogens with zero attached hydrogens (tertiary/aromatic N) is 2. The van der Waals surface area contributed by atoms with Crippen LogP contribution in [0.2, 0.25) is 0 Å². The zero-order chi connectivity index (χ0) is 11.1. The standard InChI is InChI=1S/C6H14N4O4/c7-6(8)10-9-1-3(12)5(14)4(13)2-11/h1,3-5,11-14H,2H2,(H4,7,8,10)/b9-1+/t3-,4-,5+/m0/s1. The molecule has 0 aliphatic rings. The summed E-state index contributed by atoms with van der Waals surface area (Å²) in [5.74, 6) is -0.300. The van der Waals surface area contributed by atoms with Gasteiger partial charge in [-0.05, 0) is 0 Å². The molecule has 0 aromatic carbocycles. The van der Waals surface area contributed by atoms with Crippen molar-refractivity contribution in [2.45, 2.75) is 18.3 Å². The fourth-order valence-corrected chi connectivity index (χ4v) is 0.592. The number of aliphatic hydroxyl groups excluding tert-OH is 4. The van der Waals surface area contributed by atoms with E-state index in [1.165, 1.54) is 0 Å². The fourth-order valence-electron chi connectivity index (χ4n) is 0.592. The van der Waals surface area contributed by atoms with Gasteiger partial charge in [0.1, 0.15) is 18.3 Å². The molecular weight excluding hydrogens is 192 g/mol. The zero-order valence-electron chi connectivity index (χ0n) is 7.35. The Hall–Kier alpha value is -1.22. The van der Waals surface area contributed by atoms with Crippen molar-refractivity contribution >= 4 is 12.2 Å². The largest absolute Gasteiger partial charge is 0.394 e. The van der Waals surface area contributed by atoms with Gasteiger partial charge in [-0.3, -0.25) is 0 Å². The van der Waals surface area contributed by atoms with Gasteiger partial charge in [0.25, 0.3) is 0 Å². The lowest BCUT2D eigenvalue weighted by atomic mass is 10.1. The Labute approximate surface area is 80.2 Å². The number of aliphatic hydroxyl groups is 4. The average Bonchev–Trinajstić information content (AvgIpc) is 2.14. The van der Waals surface area contributed by atoms with E-state index in [1.807, 2.05) is 0 Å². The maximum Gasteiger partial charge on any atom is 0.211 e. The number of hydrogen-bond donors (Lipinski definition) is 6. The average molecular weight is 206 g/mol. The summed E-state index contributed by atoms with van der Waals surface area (Å²) in [4.78, 5) is 0. The number of rotatable bonds is 5. The van der Waals surface area contributed by atoms with Crippen molar-refractivity contribution in [3.05, 3.63) is 0 Å². The maximum atomic E-state index is 9.11. The molecular formula is C6H14N4O4. The predicted molar refractivity (Wildman–Crippen MR) is 49.4 cm³/mol. The zero-order valence-corrected chi connectivity index (χ0v) is 7.35. The number of hydrogen-bond acceptors (Lipinski definition) is 6. The van der Waals surface area contributed by atoms with Gasteiger partial charge in [-0.2, -0.15) is 5.10 Å². The van der Waals surface area contributed by atoms with E-state index in [0.717, 1.165) is 6.21 Å². The van der Waals surface area contributed by atoms with Gasteiger partial charge in [0.05, 0.1) is 12.8 Å². The van der Waals surface area contributed by atoms with Crippen molar-refractivity contribution in [1.29, 1.82) is 0 Å². The second-order valence-corrected chi connectivity index (χ2v) is 2.52. The van der Waals surface area contributed by atoms with Crippen molar-refractivity contribution in [3.8, 4) is 0 Å². The molecule has 0 heterocycles. The molecule has 0 saturated carbocycles. The van der Waals surface area contributed by atoms with E-state index in [-0.39, 0.29) is 5.96 Å². The molecule has 0 aliphatic heterocycles. The minimum atomic E-state index is -1.54. The van der Waals surface area contributed by atoms with Gasteiger partial charge in [0.2, 0.25) is 5.96 Å². The summed E-state index contributed by atoms with van der Waals surface area (Å²) in [6.07, 6.45) is -3.61. The second-order valence-electron chi connectivity index (χ2n) is 2.52. The summed E-state index contributed by atoms with van der Waals surface area (Å²) in [6.45, 7) is -0.672. The highest BCUT2D eigenvalue weighted by atomic mass is 16.4. The molecule has 8 heteroatoms. The van der Waals surface area contributed by atoms with Crippen LogP contribution in [-0.4, -0.2) is 57.5 Å². The molecule has 8 N–H and O–H groups in total. The van der Waals surface area contributed by atoms with E-state index >= 15 is 0 Å². The van der Waals surface area contributed by atoms with Crippen LogP contribution >= 0.6 is 0 Å². The molecule has 0 rings (SSSR count). The Morgan fingerprint density at radius 1 is 1.29 bits per heavy atom. The molecule has 82 valence electrons. The van der Waals surface area contributed by atoms with Crippen LogP contribution in [0, 0.1) is 0 Å². The van der Waals surface area contributed by atoms with E-state index in [0.29, 0.717) is 0 Å². The van der Waals surface area contributed by atoms with Crippen molar-refractivity contribution in [3.63, 3.8) is 0 Å². The molecule has 0 spiro atoms. The highest BCUT2D eigenvalue weighted by Crippen LogP contribution is 1.97. The molecule has 8 nitrogen and oxygen atoms in total. The third-order valence-electron chi connectivity index (χ3n) is 1.32. The molecule has 0 aromatic heterocycles. The molecule has 0 saturated heterocycles. The van der Waals surface area contributed by atoms with Crippen LogP contribution in [0.25, 0.3) is 0 Å². The number of guanidine groups is 1. The maximum absolute atomic E-state index is 9.11. The Morgan fingerprint density at radius 3 is 2.29 bits per heavy atom. The smallest absolute Gasteiger partial charge is 0.211 e. The lowest BCUT2D eigenvalue weighted by Gasteiger charge is -2.17. The third-order valence-corrected chi connectivity index (χ3v) is 1.32. The van der Waals surface area contributed by atoms with E-state index in [2.05, 4.69) is 10.2 Å². The molecule has 0 aromatic rings. The van der Waals surface area contributed by atoms with Crippen molar-refractivity contribution in [2.75, 3.05) is 6.61 Å². The monoisotopic (exact) mass is 206 g/mol. The molecule has 0 unspecified atom stereocenters. The van der Waals surface area contributed by atoms with Gasteiger partial charge in [-0.1, -0.05) is 0 Å². The van der Waals surface area contributed by atoms with Crippen LogP contribution in [0.3, 0.4) is 0 Å². The topological polar surface area (TPSA) is 158 Å². The molecule has 0 fully saturated rings. The summed E-state index contributed by atoms with van der Waals surface area (Å²) in [6, 6.07) is 0. The van der Waals surface area contributed by atoms with Gasteiger partial charge in [-0.25, -0.2) is 0 Å². The first-order chi connectivity index (χ1) is 6.49. The first-order valence-electron chi connectivity index (χ1n) is 3.76. The van der Waals surface area contributed by atoms with E-state index in [1.54, 1.807) is 0 Å². The van der Waals surface area contributed by atoms with E-state index in [9.17, 15) is 0 Å². The lowest BCUT2D eigenvalue weighted by molar-refractivity contribution is -0.0541. The van der Waals surface area contributed by atoms with Crippen molar-refractivity contribution < 1.29 is 20.4 Å². The van der Waals surface area contributed by atoms with Crippen molar-refractivity contribution in [1.82, 2.24) is 0 Å². The summed E-state index contributed by atoms with van der Waals surface area (Å²) in [5.41, 5.74) is 9.84. The quantitative estimate of drug-likeness (QED) is 0.154. The van der Waals surface area contributed by atoms with Crippen LogP contribution in [-0.2, 0) is 0 Å². The van der Waals surface area contributed by atoms with Crippen LogP contribution in [0.15, 0.2) is 10.2 Å². The van der Waals surface area contributed by atoms with Gasteiger partial charge in [0.15, 0.2) is 0 Å². The Morgan fingerprint density at radius 2 is 1.86 bits per heavy atom. The molecule has 0 radical (unpaired) electrons. The van der Waals surface area contributed by atoms with Gasteiger partial charge in [0, 0.05) is 0 Å². The van der Waals surface area contributed by atoms with Crippen molar-refractivity contribution in [2.24, 2.45) is 21.7 Å². The minimum Gasteiger partial charge on any atom is -0.394 e. The molecule has 14 heavy (non-hydrogen) atoms. The summed E-state index contributed by atoms with van der Waals surface area (Å²) in [7, 11) is 0. The SMILES string of the molecule is NC(N)=N/N=C/[C@H](O)[C@@H](O)[C@@H](O)CO. The predicted octanol–water partition coefficient (Wildman–Crippen LogP) is -3.68. The molecule has 0 aliphatic carbocycles. The summed E-state index contributed by atoms with van der Waals surface area (Å²) < 4.78 is 0. The molecule has 0 bridgehead atoms. The molecule has 3 atom stereocenters. The first-order valence-corrected chi connectivity index (χ1v) is 3.76. The normalized spacial score (nSPS) is 17.7. The van der Waals surface area contributed by atoms with Gasteiger partial charge < -0.3 is 31.9 Å². The second kappa shape index (κ2) is 6.27. The Bertz CT molecular complexity index is 216. The Kier molecular flexibility index (Phi) is 5.72. The highest BCUT2D eigenvalue weighted by molar-refractivity contribution is 5.76. The fraction of sp³-hybridized carbons (Fsp3) is 0.667. The number of nitrogens with two attached hydrogens (primary N) is 2. The van der Waals surface area contributed by atoms with Crippen LogP contribution < -0.4 is 11.5 Å². The van der Waals surface area contributed by atoms with E-state index < -0.39 is 24.9 Å². The van der Waals surface area contributed by atoms with Crippen LogP contribution in [0.5, 0.6) is 0 Å². The summed E-state index contributed by atoms with van der Waals surface area (Å²) >= 11 is 0. The van der Waals surface area contributed by atoms with Crippen LogP contribution in [0.1, 0.15) is 0 Å².